The maximum atomic E-state index is 12.4. The van der Waals surface area contributed by atoms with E-state index in [0.717, 1.165) is 9.78 Å². The van der Waals surface area contributed by atoms with Crippen LogP contribution in [-0.4, -0.2) is 52.4 Å². The number of thiophene rings is 1. The molecule has 3 heterocycles. The van der Waals surface area contributed by atoms with Crippen molar-refractivity contribution in [2.24, 2.45) is 0 Å². The molecule has 3 rings (SSSR count). The molecule has 2 amide bonds. The molecule has 2 aliphatic rings. The van der Waals surface area contributed by atoms with Crippen LogP contribution >= 0.6 is 23.1 Å². The molecule has 2 atom stereocenters. The van der Waals surface area contributed by atoms with Crippen LogP contribution in [0.4, 0.5) is 0 Å². The van der Waals surface area contributed by atoms with E-state index in [9.17, 15) is 24.3 Å². The number of amides is 2. The number of carboxylic acids is 1. The van der Waals surface area contributed by atoms with E-state index in [0.29, 0.717) is 5.57 Å². The Bertz CT molecular complexity index is 795. The van der Waals surface area contributed by atoms with Crippen LogP contribution in [0.2, 0.25) is 0 Å². The van der Waals surface area contributed by atoms with Gasteiger partial charge in [-0.1, -0.05) is 6.07 Å². The number of aliphatic carboxylic acids is 1. The summed E-state index contributed by atoms with van der Waals surface area (Å²) in [5, 5.41) is 15.5. The molecule has 2 aliphatic heterocycles. The fourth-order valence-corrected chi connectivity index (χ4v) is 4.80. The second-order valence-electron chi connectivity index (χ2n) is 5.73. The molecule has 11 heteroatoms. The van der Waals surface area contributed by atoms with Crippen LogP contribution < -0.4 is 40.0 Å². The number of thioether (sulfide) groups is 1. The van der Waals surface area contributed by atoms with Crippen molar-refractivity contribution in [3.05, 3.63) is 33.7 Å². The number of β-lactam (4-membered cyclic amide) rings is 1. The number of carbonyl (C=O) groups is 4. The molecule has 1 aromatic rings. The van der Waals surface area contributed by atoms with E-state index in [1.54, 1.807) is 0 Å². The Morgan fingerprint density at radius 1 is 1.41 bits per heavy atom. The summed E-state index contributed by atoms with van der Waals surface area (Å²) in [4.78, 5) is 48.9. The zero-order chi connectivity index (χ0) is 18.8. The smallest absolute Gasteiger partial charge is 0.543 e. The maximum absolute atomic E-state index is 12.4. The summed E-state index contributed by atoms with van der Waals surface area (Å²) < 4.78 is 4.85. The van der Waals surface area contributed by atoms with Crippen LogP contribution in [0, 0.1) is 0 Å². The molecule has 0 aliphatic carbocycles. The van der Waals surface area contributed by atoms with Crippen molar-refractivity contribution in [3.63, 3.8) is 0 Å². The first-order valence-electron chi connectivity index (χ1n) is 7.71. The van der Waals surface area contributed by atoms with Gasteiger partial charge in [-0.15, -0.1) is 23.1 Å². The Hall–Kier alpha value is -1.33. The predicted molar refractivity (Wildman–Crippen MR) is 91.7 cm³/mol. The third-order valence-electron chi connectivity index (χ3n) is 3.92. The minimum atomic E-state index is -1.51. The second-order valence-corrected chi connectivity index (χ2v) is 7.87. The number of nitrogens with zero attached hydrogens (tertiary/aromatic N) is 1. The van der Waals surface area contributed by atoms with Gasteiger partial charge in [0.15, 0.2) is 0 Å². The largest absolute Gasteiger partial charge is 1.00 e. The normalized spacial score (nSPS) is 20.9. The van der Waals surface area contributed by atoms with E-state index in [-0.39, 0.29) is 59.9 Å². The summed E-state index contributed by atoms with van der Waals surface area (Å²) in [5.41, 5.74) is 0.0296. The molecule has 138 valence electrons. The van der Waals surface area contributed by atoms with Gasteiger partial charge in [0.1, 0.15) is 18.0 Å². The molecule has 0 bridgehead atoms. The molecule has 0 saturated carbocycles. The summed E-state index contributed by atoms with van der Waals surface area (Å²) in [6.45, 7) is 1.00. The summed E-state index contributed by atoms with van der Waals surface area (Å²) in [6, 6.07) is 2.88. The molecule has 0 aromatic carbocycles. The van der Waals surface area contributed by atoms with Crippen LogP contribution in [0.3, 0.4) is 0 Å². The van der Waals surface area contributed by atoms with Crippen molar-refractivity contribution in [2.75, 3.05) is 12.4 Å². The molecule has 1 fully saturated rings. The molecule has 0 unspecified atom stereocenters. The van der Waals surface area contributed by atoms with E-state index < -0.39 is 29.3 Å². The minimum absolute atomic E-state index is 0. The quantitative estimate of drug-likeness (QED) is 0.287. The van der Waals surface area contributed by atoms with Gasteiger partial charge in [-0.3, -0.25) is 19.3 Å². The molecule has 1 saturated heterocycles. The zero-order valence-electron chi connectivity index (χ0n) is 14.7. The van der Waals surface area contributed by atoms with Crippen LogP contribution in [0.25, 0.3) is 0 Å². The fourth-order valence-electron chi connectivity index (χ4n) is 2.77. The molecule has 8 nitrogen and oxygen atoms in total. The molecule has 1 N–H and O–H groups in total. The number of hydrogen-bond donors (Lipinski definition) is 1. The summed E-state index contributed by atoms with van der Waals surface area (Å²) in [6.07, 6.45) is 0.166. The summed E-state index contributed by atoms with van der Waals surface area (Å²) >= 11 is 2.75. The van der Waals surface area contributed by atoms with Crippen molar-refractivity contribution in [2.45, 2.75) is 24.8 Å². The zero-order valence-corrected chi connectivity index (χ0v) is 18.4. The average molecular weight is 418 g/mol. The van der Waals surface area contributed by atoms with Gasteiger partial charge in [0.25, 0.3) is 5.91 Å². The number of rotatable bonds is 6. The maximum Gasteiger partial charge on any atom is 1.00 e. The molecule has 0 spiro atoms. The Morgan fingerprint density at radius 3 is 2.74 bits per heavy atom. The minimum Gasteiger partial charge on any atom is -0.543 e. The van der Waals surface area contributed by atoms with Gasteiger partial charge in [0, 0.05) is 23.1 Å². The van der Waals surface area contributed by atoms with Crippen molar-refractivity contribution in [3.8, 4) is 0 Å². The van der Waals surface area contributed by atoms with Crippen LogP contribution in [0.5, 0.6) is 0 Å². The number of hydrogen-bond acceptors (Lipinski definition) is 8. The second kappa shape index (κ2) is 9.24. The number of esters is 1. The van der Waals surface area contributed by atoms with E-state index in [4.69, 9.17) is 4.74 Å². The van der Waals surface area contributed by atoms with Crippen molar-refractivity contribution in [1.29, 1.82) is 0 Å². The van der Waals surface area contributed by atoms with Gasteiger partial charge in [-0.25, -0.2) is 0 Å². The molecular weight excluding hydrogens is 403 g/mol. The Balaban J connectivity index is 0.00000261. The number of carboxylic acid groups (broad SMARTS) is 1. The topological polar surface area (TPSA) is 116 Å². The van der Waals surface area contributed by atoms with Gasteiger partial charge >= 0.3 is 35.5 Å². The van der Waals surface area contributed by atoms with Gasteiger partial charge in [0.05, 0.1) is 18.1 Å². The van der Waals surface area contributed by atoms with Crippen molar-refractivity contribution < 1.29 is 58.6 Å². The van der Waals surface area contributed by atoms with Crippen molar-refractivity contribution in [1.82, 2.24) is 10.2 Å². The molecular formula is C16H15N2NaO6S2. The number of nitrogens with one attached hydrogen (secondary N) is 1. The predicted octanol–water partition coefficient (Wildman–Crippen LogP) is -3.74. The first-order chi connectivity index (χ1) is 12.4. The van der Waals surface area contributed by atoms with E-state index >= 15 is 0 Å². The summed E-state index contributed by atoms with van der Waals surface area (Å²) in [7, 11) is 0. The van der Waals surface area contributed by atoms with Gasteiger partial charge in [0.2, 0.25) is 5.91 Å². The van der Waals surface area contributed by atoms with Crippen LogP contribution in [0.15, 0.2) is 28.8 Å². The monoisotopic (exact) mass is 418 g/mol. The SMILES string of the molecule is CC(=O)OCC1=C(C(=O)[O-])N2C(=O)[C@@H](NC(=O)Cc3cccs3)[C@H]2SC1.[Na+]. The first-order valence-corrected chi connectivity index (χ1v) is 9.64. The molecule has 27 heavy (non-hydrogen) atoms. The summed E-state index contributed by atoms with van der Waals surface area (Å²) in [5.74, 6) is -2.59. The standard InChI is InChI=1S/C16H16N2O6S2.Na/c1-8(19)24-6-9-7-26-15-12(14(21)18(15)13(9)16(22)23)17-11(20)5-10-3-2-4-25-10;/h2-4,12,15H,5-7H2,1H3,(H,17,20)(H,22,23);/q;+1/p-1/t12-,15-;/m1./s1. The van der Waals surface area contributed by atoms with Crippen LogP contribution in [0.1, 0.15) is 11.8 Å². The van der Waals surface area contributed by atoms with Crippen LogP contribution in [-0.2, 0) is 30.3 Å². The number of ether oxygens (including phenoxy) is 1. The average Bonchev–Trinajstić information content (AvgIpc) is 3.09. The molecule has 0 radical (unpaired) electrons. The van der Waals surface area contributed by atoms with Crippen molar-refractivity contribution >= 4 is 46.9 Å². The van der Waals surface area contributed by atoms with Gasteiger partial charge in [-0.05, 0) is 11.4 Å². The number of carbonyl (C=O) groups excluding carboxylic acids is 4. The van der Waals surface area contributed by atoms with Gasteiger partial charge < -0.3 is 20.0 Å². The third kappa shape index (κ3) is 4.75. The Morgan fingerprint density at radius 2 is 2.15 bits per heavy atom. The Labute approximate surface area is 185 Å². The first kappa shape index (κ1) is 22.0. The van der Waals surface area contributed by atoms with E-state index in [1.807, 2.05) is 17.5 Å². The van der Waals surface area contributed by atoms with E-state index in [1.165, 1.54) is 30.0 Å². The van der Waals surface area contributed by atoms with Gasteiger partial charge in [-0.2, -0.15) is 0 Å². The molecule has 1 aromatic heterocycles. The fraction of sp³-hybridized carbons (Fsp3) is 0.375. The Kier molecular flexibility index (Phi) is 7.52. The number of fused-ring (bicyclic) bond motifs is 1. The van der Waals surface area contributed by atoms with E-state index in [2.05, 4.69) is 5.32 Å². The third-order valence-corrected chi connectivity index (χ3v) is 6.14.